The maximum Gasteiger partial charge on any atom is 0.407 e. The van der Waals surface area contributed by atoms with Gasteiger partial charge in [0.25, 0.3) is 0 Å². The van der Waals surface area contributed by atoms with Gasteiger partial charge in [0, 0.05) is 26.2 Å². The van der Waals surface area contributed by atoms with Crippen molar-refractivity contribution in [3.05, 3.63) is 59.7 Å². The predicted molar refractivity (Wildman–Crippen MR) is 129 cm³/mol. The van der Waals surface area contributed by atoms with Crippen LogP contribution in [-0.4, -0.2) is 68.2 Å². The fourth-order valence-electron chi connectivity index (χ4n) is 4.24. The van der Waals surface area contributed by atoms with Crippen LogP contribution < -0.4 is 10.6 Å². The van der Waals surface area contributed by atoms with Crippen molar-refractivity contribution in [3.63, 3.8) is 0 Å². The van der Waals surface area contributed by atoms with Gasteiger partial charge in [-0.15, -0.1) is 0 Å². The van der Waals surface area contributed by atoms with Gasteiger partial charge in [0.05, 0.1) is 18.6 Å². The van der Waals surface area contributed by atoms with Crippen LogP contribution in [0.2, 0.25) is 0 Å². The number of aliphatic carboxylic acids is 1. The second-order valence-electron chi connectivity index (χ2n) is 8.31. The molecule has 9 heteroatoms. The lowest BCUT2D eigenvalue weighted by Crippen LogP contribution is -2.54. The minimum Gasteiger partial charge on any atom is -0.481 e. The zero-order chi connectivity index (χ0) is 25.4. The van der Waals surface area contributed by atoms with Crippen molar-refractivity contribution in [2.24, 2.45) is 0 Å². The van der Waals surface area contributed by atoms with Crippen LogP contribution in [0.25, 0.3) is 11.1 Å². The molecule has 0 saturated heterocycles. The molecular weight excluding hydrogens is 452 g/mol. The number of benzene rings is 2. The lowest BCUT2D eigenvalue weighted by atomic mass is 9.98. The Morgan fingerprint density at radius 1 is 1.03 bits per heavy atom. The van der Waals surface area contributed by atoms with Crippen LogP contribution in [0.15, 0.2) is 48.5 Å². The fraction of sp³-hybridized carbons (Fsp3) is 0.423. The number of carbonyl (C=O) groups excluding carboxylic acids is 2. The molecular formula is C26H32N2O7. The van der Waals surface area contributed by atoms with E-state index in [9.17, 15) is 14.4 Å². The summed E-state index contributed by atoms with van der Waals surface area (Å²) in [4.78, 5) is 36.5. The number of carboxylic acids is 1. The molecule has 0 saturated carbocycles. The fourth-order valence-corrected chi connectivity index (χ4v) is 4.24. The molecule has 2 aromatic rings. The van der Waals surface area contributed by atoms with Crippen molar-refractivity contribution in [2.75, 3.05) is 26.9 Å². The van der Waals surface area contributed by atoms with Crippen molar-refractivity contribution < 1.29 is 33.7 Å². The van der Waals surface area contributed by atoms with Crippen molar-refractivity contribution in [1.82, 2.24) is 10.6 Å². The standard InChI is InChI=1S/C26H32N2O7/c1-4-34-17(13-23(29)30)14-27-25(31)24(16(2)33-3)28-26(32)35-15-22-20-11-7-5-9-18(20)19-10-6-8-12-21(19)22/h5-12,16-17,22,24H,4,13-15H2,1-3H3,(H,27,31)(H,28,32)(H,29,30). The van der Waals surface area contributed by atoms with E-state index in [1.54, 1.807) is 13.8 Å². The van der Waals surface area contributed by atoms with Gasteiger partial charge in [-0.1, -0.05) is 48.5 Å². The van der Waals surface area contributed by atoms with Gasteiger partial charge < -0.3 is 30.0 Å². The first-order valence-electron chi connectivity index (χ1n) is 11.6. The Kier molecular flexibility index (Phi) is 9.22. The molecule has 1 aliphatic rings. The van der Waals surface area contributed by atoms with Crippen LogP contribution >= 0.6 is 0 Å². The molecule has 0 fully saturated rings. The molecule has 1 aliphatic carbocycles. The highest BCUT2D eigenvalue weighted by atomic mass is 16.5. The maximum atomic E-state index is 12.8. The first kappa shape index (κ1) is 26.2. The summed E-state index contributed by atoms with van der Waals surface area (Å²) < 4.78 is 16.2. The summed E-state index contributed by atoms with van der Waals surface area (Å²) >= 11 is 0. The minimum atomic E-state index is -1.04. The quantitative estimate of drug-likeness (QED) is 0.423. The topological polar surface area (TPSA) is 123 Å². The van der Waals surface area contributed by atoms with Crippen LogP contribution in [-0.2, 0) is 23.8 Å². The van der Waals surface area contributed by atoms with Gasteiger partial charge in [0.1, 0.15) is 12.6 Å². The van der Waals surface area contributed by atoms with E-state index in [0.717, 1.165) is 22.3 Å². The Morgan fingerprint density at radius 2 is 1.63 bits per heavy atom. The number of fused-ring (bicyclic) bond motifs is 3. The zero-order valence-electron chi connectivity index (χ0n) is 20.2. The van der Waals surface area contributed by atoms with E-state index in [1.807, 2.05) is 36.4 Å². The molecule has 3 atom stereocenters. The summed E-state index contributed by atoms with van der Waals surface area (Å²) in [6, 6.07) is 15.0. The first-order chi connectivity index (χ1) is 16.8. The smallest absolute Gasteiger partial charge is 0.407 e. The number of carboxylic acid groups (broad SMARTS) is 1. The highest BCUT2D eigenvalue weighted by Crippen LogP contribution is 2.44. The lowest BCUT2D eigenvalue weighted by Gasteiger charge is -2.25. The van der Waals surface area contributed by atoms with E-state index in [-0.39, 0.29) is 25.5 Å². The SMILES string of the molecule is CCOC(CNC(=O)C(NC(=O)OCC1c2ccccc2-c2ccccc21)C(C)OC)CC(=O)O. The molecule has 188 valence electrons. The normalized spacial score (nSPS) is 14.8. The molecule has 3 rings (SSSR count). The number of alkyl carbamates (subject to hydrolysis) is 1. The summed E-state index contributed by atoms with van der Waals surface area (Å²) in [6.07, 6.45) is -2.34. The van der Waals surface area contributed by atoms with E-state index < -0.39 is 36.2 Å². The van der Waals surface area contributed by atoms with Gasteiger partial charge >= 0.3 is 12.1 Å². The van der Waals surface area contributed by atoms with Gasteiger partial charge in [-0.25, -0.2) is 4.79 Å². The Hall–Kier alpha value is -3.43. The van der Waals surface area contributed by atoms with Gasteiger partial charge in [-0.05, 0) is 36.1 Å². The summed E-state index contributed by atoms with van der Waals surface area (Å²) in [5.41, 5.74) is 4.41. The molecule has 35 heavy (non-hydrogen) atoms. The zero-order valence-corrected chi connectivity index (χ0v) is 20.2. The average molecular weight is 485 g/mol. The predicted octanol–water partition coefficient (Wildman–Crippen LogP) is 2.92. The number of ether oxygens (including phenoxy) is 3. The molecule has 0 spiro atoms. The van der Waals surface area contributed by atoms with Gasteiger partial charge in [0.2, 0.25) is 5.91 Å². The maximum absolute atomic E-state index is 12.8. The van der Waals surface area contributed by atoms with Crippen LogP contribution in [0.4, 0.5) is 4.79 Å². The third-order valence-electron chi connectivity index (χ3n) is 6.05. The van der Waals surface area contributed by atoms with E-state index in [0.29, 0.717) is 6.61 Å². The number of methoxy groups -OCH3 is 1. The number of rotatable bonds is 12. The van der Waals surface area contributed by atoms with Crippen molar-refractivity contribution in [1.29, 1.82) is 0 Å². The van der Waals surface area contributed by atoms with Crippen LogP contribution in [0.5, 0.6) is 0 Å². The number of hydrogen-bond acceptors (Lipinski definition) is 6. The molecule has 2 aromatic carbocycles. The van der Waals surface area contributed by atoms with E-state index in [4.69, 9.17) is 19.3 Å². The van der Waals surface area contributed by atoms with Crippen molar-refractivity contribution in [3.8, 4) is 11.1 Å². The summed E-state index contributed by atoms with van der Waals surface area (Å²) in [5, 5.41) is 14.2. The van der Waals surface area contributed by atoms with Gasteiger partial charge in [-0.3, -0.25) is 9.59 Å². The molecule has 2 amide bonds. The number of hydrogen-bond donors (Lipinski definition) is 3. The average Bonchev–Trinajstić information content (AvgIpc) is 3.17. The Morgan fingerprint density at radius 3 is 2.17 bits per heavy atom. The second kappa shape index (κ2) is 12.3. The van der Waals surface area contributed by atoms with E-state index in [1.165, 1.54) is 7.11 Å². The van der Waals surface area contributed by atoms with Crippen LogP contribution in [0.1, 0.15) is 37.3 Å². The third kappa shape index (κ3) is 6.58. The number of nitrogens with one attached hydrogen (secondary N) is 2. The van der Waals surface area contributed by atoms with Crippen LogP contribution in [0.3, 0.4) is 0 Å². The monoisotopic (exact) mass is 484 g/mol. The van der Waals surface area contributed by atoms with Crippen molar-refractivity contribution in [2.45, 2.75) is 44.4 Å². The largest absolute Gasteiger partial charge is 0.481 e. The Balaban J connectivity index is 1.62. The molecule has 0 heterocycles. The lowest BCUT2D eigenvalue weighted by molar-refractivity contribution is -0.140. The molecule has 9 nitrogen and oxygen atoms in total. The molecule has 0 aromatic heterocycles. The summed E-state index contributed by atoms with van der Waals surface area (Å²) in [5.74, 6) is -1.66. The summed E-state index contributed by atoms with van der Waals surface area (Å²) in [6.45, 7) is 3.79. The molecule has 3 unspecified atom stereocenters. The second-order valence-corrected chi connectivity index (χ2v) is 8.31. The number of amides is 2. The van der Waals surface area contributed by atoms with E-state index >= 15 is 0 Å². The Labute approximate surface area is 204 Å². The molecule has 0 bridgehead atoms. The van der Waals surface area contributed by atoms with Crippen LogP contribution in [0, 0.1) is 0 Å². The van der Waals surface area contributed by atoms with Crippen molar-refractivity contribution >= 4 is 18.0 Å². The summed E-state index contributed by atoms with van der Waals surface area (Å²) in [7, 11) is 1.43. The first-order valence-corrected chi connectivity index (χ1v) is 11.6. The molecule has 0 aliphatic heterocycles. The van der Waals surface area contributed by atoms with Gasteiger partial charge in [0.15, 0.2) is 0 Å². The highest BCUT2D eigenvalue weighted by Gasteiger charge is 2.31. The molecule has 3 N–H and O–H groups in total. The number of carbonyl (C=O) groups is 3. The highest BCUT2D eigenvalue weighted by molar-refractivity contribution is 5.86. The minimum absolute atomic E-state index is 0.0156. The molecule has 0 radical (unpaired) electrons. The van der Waals surface area contributed by atoms with Gasteiger partial charge in [-0.2, -0.15) is 0 Å². The Bertz CT molecular complexity index is 996. The third-order valence-corrected chi connectivity index (χ3v) is 6.05. The van der Waals surface area contributed by atoms with E-state index in [2.05, 4.69) is 22.8 Å².